The first-order valence-electron chi connectivity index (χ1n) is 11.5. The zero-order chi connectivity index (χ0) is 27.7. The number of aromatic hydroxyl groups is 1. The van der Waals surface area contributed by atoms with Crippen molar-refractivity contribution in [1.29, 1.82) is 0 Å². The number of anilines is 1. The van der Waals surface area contributed by atoms with E-state index in [9.17, 15) is 24.6 Å². The Hall–Kier alpha value is -4.01. The van der Waals surface area contributed by atoms with E-state index >= 15 is 0 Å². The van der Waals surface area contributed by atoms with Gasteiger partial charge in [-0.05, 0) is 61.9 Å². The van der Waals surface area contributed by atoms with Gasteiger partial charge in [-0.15, -0.1) is 0 Å². The van der Waals surface area contributed by atoms with E-state index in [-0.39, 0.29) is 50.0 Å². The van der Waals surface area contributed by atoms with Crippen molar-refractivity contribution in [3.05, 3.63) is 93.0 Å². The predicted octanol–water partition coefficient (Wildman–Crippen LogP) is 5.90. The second kappa shape index (κ2) is 10.8. The van der Waals surface area contributed by atoms with Crippen LogP contribution in [0.15, 0.2) is 66.2 Å². The average Bonchev–Trinajstić information content (AvgIpc) is 3.13. The third kappa shape index (κ3) is 5.05. The molecule has 1 saturated heterocycles. The highest BCUT2D eigenvalue weighted by molar-refractivity contribution is 6.52. The van der Waals surface area contributed by atoms with Crippen molar-refractivity contribution in [1.82, 2.24) is 0 Å². The largest absolute Gasteiger partial charge is 0.508 e. The molecule has 3 aromatic rings. The van der Waals surface area contributed by atoms with Gasteiger partial charge >= 0.3 is 5.97 Å². The van der Waals surface area contributed by atoms with Crippen LogP contribution in [0, 0.1) is 0 Å². The van der Waals surface area contributed by atoms with Crippen molar-refractivity contribution in [3.63, 3.8) is 0 Å². The molecule has 1 aliphatic heterocycles. The molecule has 38 heavy (non-hydrogen) atoms. The molecule has 0 aromatic heterocycles. The van der Waals surface area contributed by atoms with E-state index < -0.39 is 29.5 Å². The Morgan fingerprint density at radius 2 is 1.61 bits per heavy atom. The molecule has 0 saturated carbocycles. The van der Waals surface area contributed by atoms with Crippen molar-refractivity contribution in [3.8, 4) is 11.5 Å². The first-order chi connectivity index (χ1) is 18.0. The molecule has 1 amide bonds. The first kappa shape index (κ1) is 27.0. The van der Waals surface area contributed by atoms with Crippen LogP contribution in [0.1, 0.15) is 41.4 Å². The number of ether oxygens (including phenoxy) is 2. The van der Waals surface area contributed by atoms with Gasteiger partial charge in [0.25, 0.3) is 11.7 Å². The molecule has 10 heteroatoms. The number of nitrogens with zero attached hydrogens (tertiary/aromatic N) is 1. The summed E-state index contributed by atoms with van der Waals surface area (Å²) in [7, 11) is 1.38. The summed E-state index contributed by atoms with van der Waals surface area (Å²) in [5.74, 6) is -2.83. The van der Waals surface area contributed by atoms with Crippen molar-refractivity contribution < 1.29 is 34.1 Å². The van der Waals surface area contributed by atoms with Crippen LogP contribution in [0.5, 0.6) is 11.5 Å². The number of esters is 1. The SMILES string of the molecule is COc1c(Cl)cc(/C(O)=C2\C(=O)C(=O)N(c3cccc(C(=O)OC(C)C)c3)C2c2ccc(O)cc2)cc1Cl. The molecular weight excluding hydrogens is 533 g/mol. The van der Waals surface area contributed by atoms with Crippen LogP contribution in [0.2, 0.25) is 10.0 Å². The molecule has 0 radical (unpaired) electrons. The lowest BCUT2D eigenvalue weighted by Crippen LogP contribution is -2.29. The minimum Gasteiger partial charge on any atom is -0.508 e. The van der Waals surface area contributed by atoms with Crippen LogP contribution < -0.4 is 9.64 Å². The number of phenolic OH excluding ortho intramolecular Hbond substituents is 1. The molecule has 0 bridgehead atoms. The number of hydrogen-bond donors (Lipinski definition) is 2. The molecule has 1 aliphatic rings. The quantitative estimate of drug-likeness (QED) is 0.168. The van der Waals surface area contributed by atoms with Gasteiger partial charge in [0.1, 0.15) is 11.5 Å². The van der Waals surface area contributed by atoms with Crippen molar-refractivity contribution in [2.24, 2.45) is 0 Å². The second-order valence-corrected chi connectivity index (χ2v) is 9.55. The Kier molecular flexibility index (Phi) is 7.66. The minimum atomic E-state index is -1.10. The van der Waals surface area contributed by atoms with E-state index in [0.29, 0.717) is 5.56 Å². The second-order valence-electron chi connectivity index (χ2n) is 8.74. The van der Waals surface area contributed by atoms with E-state index in [1.807, 2.05) is 0 Å². The summed E-state index contributed by atoms with van der Waals surface area (Å²) in [5.41, 5.74) is 0.693. The van der Waals surface area contributed by atoms with E-state index in [1.165, 1.54) is 60.5 Å². The van der Waals surface area contributed by atoms with Crippen molar-refractivity contribution in [2.75, 3.05) is 12.0 Å². The lowest BCUT2D eigenvalue weighted by atomic mass is 9.95. The highest BCUT2D eigenvalue weighted by atomic mass is 35.5. The number of hydrogen-bond acceptors (Lipinski definition) is 7. The van der Waals surface area contributed by atoms with Gasteiger partial charge < -0.3 is 19.7 Å². The molecule has 1 atom stereocenters. The molecular formula is C28H23Cl2NO7. The van der Waals surface area contributed by atoms with Crippen LogP contribution in [-0.2, 0) is 14.3 Å². The average molecular weight is 556 g/mol. The summed E-state index contributed by atoms with van der Waals surface area (Å²) in [6.45, 7) is 3.42. The van der Waals surface area contributed by atoms with Gasteiger partial charge in [0.05, 0.1) is 40.4 Å². The van der Waals surface area contributed by atoms with Gasteiger partial charge in [-0.25, -0.2) is 4.79 Å². The minimum absolute atomic E-state index is 0.0298. The van der Waals surface area contributed by atoms with Gasteiger partial charge in [0, 0.05) is 11.3 Å². The molecule has 196 valence electrons. The number of carbonyl (C=O) groups excluding carboxylic acids is 3. The summed E-state index contributed by atoms with van der Waals surface area (Å²) < 4.78 is 10.4. The topological polar surface area (TPSA) is 113 Å². The highest BCUT2D eigenvalue weighted by Crippen LogP contribution is 2.44. The summed E-state index contributed by atoms with van der Waals surface area (Å²) in [4.78, 5) is 40.5. The first-order valence-corrected chi connectivity index (χ1v) is 12.2. The normalized spacial score (nSPS) is 16.7. The third-order valence-electron chi connectivity index (χ3n) is 5.83. The number of carbonyl (C=O) groups is 3. The fourth-order valence-electron chi connectivity index (χ4n) is 4.18. The zero-order valence-corrected chi connectivity index (χ0v) is 22.1. The Morgan fingerprint density at radius 3 is 2.18 bits per heavy atom. The number of aliphatic hydroxyl groups excluding tert-OH is 1. The van der Waals surface area contributed by atoms with Crippen LogP contribution in [-0.4, -0.2) is 41.1 Å². The van der Waals surface area contributed by atoms with Gasteiger partial charge in [-0.2, -0.15) is 0 Å². The zero-order valence-electron chi connectivity index (χ0n) is 20.6. The monoisotopic (exact) mass is 555 g/mol. The number of rotatable bonds is 6. The van der Waals surface area contributed by atoms with Gasteiger partial charge in [0.2, 0.25) is 0 Å². The number of methoxy groups -OCH3 is 1. The van der Waals surface area contributed by atoms with E-state index in [4.69, 9.17) is 32.7 Å². The Labute approximate surface area is 228 Å². The number of aliphatic hydroxyl groups is 1. The molecule has 4 rings (SSSR count). The number of halogens is 2. The lowest BCUT2D eigenvalue weighted by molar-refractivity contribution is -0.132. The fraction of sp³-hybridized carbons (Fsp3) is 0.179. The van der Waals surface area contributed by atoms with E-state index in [1.54, 1.807) is 26.0 Å². The van der Waals surface area contributed by atoms with Gasteiger partial charge in [0.15, 0.2) is 5.75 Å². The molecule has 1 unspecified atom stereocenters. The maximum atomic E-state index is 13.4. The molecule has 8 nitrogen and oxygen atoms in total. The molecule has 2 N–H and O–H groups in total. The summed E-state index contributed by atoms with van der Waals surface area (Å²) in [5, 5.41) is 21.3. The number of amides is 1. The molecule has 1 heterocycles. The number of benzene rings is 3. The highest BCUT2D eigenvalue weighted by Gasteiger charge is 2.47. The number of ketones is 1. The van der Waals surface area contributed by atoms with E-state index in [2.05, 4.69) is 0 Å². The van der Waals surface area contributed by atoms with Crippen LogP contribution in [0.4, 0.5) is 5.69 Å². The number of Topliss-reactive ketones (excluding diaryl/α,β-unsaturated/α-hetero) is 1. The van der Waals surface area contributed by atoms with Crippen LogP contribution in [0.25, 0.3) is 5.76 Å². The standard InChI is InChI=1S/C28H23Cl2NO7/c1-14(2)38-28(36)16-5-4-6-18(11-16)31-23(15-7-9-19(32)10-8-15)22(25(34)27(31)35)24(33)17-12-20(29)26(37-3)21(30)13-17/h4-14,23,32-33H,1-3H3/b24-22+. The summed E-state index contributed by atoms with van der Waals surface area (Å²) >= 11 is 12.5. The summed E-state index contributed by atoms with van der Waals surface area (Å²) in [6.07, 6.45) is -0.361. The third-order valence-corrected chi connectivity index (χ3v) is 6.39. The summed E-state index contributed by atoms with van der Waals surface area (Å²) in [6, 6.07) is 13.6. The Morgan fingerprint density at radius 1 is 0.974 bits per heavy atom. The molecule has 1 fully saturated rings. The van der Waals surface area contributed by atoms with Gasteiger partial charge in [-0.3, -0.25) is 14.5 Å². The lowest BCUT2D eigenvalue weighted by Gasteiger charge is -2.26. The van der Waals surface area contributed by atoms with E-state index in [0.717, 1.165) is 0 Å². The predicted molar refractivity (Wildman–Crippen MR) is 143 cm³/mol. The fourth-order valence-corrected chi connectivity index (χ4v) is 4.82. The van der Waals surface area contributed by atoms with Crippen molar-refractivity contribution >= 4 is 52.3 Å². The van der Waals surface area contributed by atoms with Gasteiger partial charge in [-0.1, -0.05) is 41.4 Å². The van der Waals surface area contributed by atoms with Crippen LogP contribution >= 0.6 is 23.2 Å². The van der Waals surface area contributed by atoms with Crippen LogP contribution in [0.3, 0.4) is 0 Å². The Bertz CT molecular complexity index is 1440. The molecule has 0 spiro atoms. The maximum absolute atomic E-state index is 13.4. The number of phenols is 1. The van der Waals surface area contributed by atoms with Crippen molar-refractivity contribution in [2.45, 2.75) is 26.0 Å². The smallest absolute Gasteiger partial charge is 0.338 e. The molecule has 3 aromatic carbocycles. The maximum Gasteiger partial charge on any atom is 0.338 e. The molecule has 0 aliphatic carbocycles. The Balaban J connectivity index is 1.91.